The molecule has 0 aliphatic carbocycles. The van der Waals surface area contributed by atoms with Gasteiger partial charge in [0.2, 0.25) is 0 Å². The van der Waals surface area contributed by atoms with Crippen LogP contribution in [-0.4, -0.2) is 71.6 Å². The molecule has 0 spiro atoms. The second kappa shape index (κ2) is 7.91. The number of hydrogen-bond acceptors (Lipinski definition) is 5. The third-order valence-electron chi connectivity index (χ3n) is 5.62. The Labute approximate surface area is 165 Å². The molecule has 7 nitrogen and oxygen atoms in total. The Morgan fingerprint density at radius 1 is 1.24 bits per heavy atom. The van der Waals surface area contributed by atoms with Crippen molar-refractivity contribution in [3.63, 3.8) is 0 Å². The van der Waals surface area contributed by atoms with E-state index in [2.05, 4.69) is 4.98 Å². The number of alkyl halides is 3. The van der Waals surface area contributed by atoms with Gasteiger partial charge < -0.3 is 19.3 Å². The number of amides is 2. The summed E-state index contributed by atoms with van der Waals surface area (Å²) in [4.78, 5) is 31.4. The van der Waals surface area contributed by atoms with Crippen molar-refractivity contribution in [2.45, 2.75) is 37.8 Å². The lowest BCUT2D eigenvalue weighted by atomic mass is 9.88. The van der Waals surface area contributed by atoms with E-state index in [0.29, 0.717) is 38.3 Å². The van der Waals surface area contributed by atoms with Gasteiger partial charge in [-0.25, -0.2) is 4.79 Å². The number of carbonyl (C=O) groups is 2. The molecule has 2 amide bonds. The summed E-state index contributed by atoms with van der Waals surface area (Å²) in [6.45, 7) is 2.25. The number of halogens is 3. The summed E-state index contributed by atoms with van der Waals surface area (Å²) >= 11 is 0. The molecule has 3 aliphatic heterocycles. The molecule has 3 saturated heterocycles. The molecule has 0 radical (unpaired) electrons. The number of rotatable bonds is 3. The molecule has 29 heavy (non-hydrogen) atoms. The summed E-state index contributed by atoms with van der Waals surface area (Å²) in [5, 5.41) is 0. The normalized spacial score (nSPS) is 25.6. The molecule has 1 aromatic rings. The van der Waals surface area contributed by atoms with Crippen LogP contribution >= 0.6 is 0 Å². The van der Waals surface area contributed by atoms with E-state index in [0.717, 1.165) is 18.7 Å². The third-order valence-corrected chi connectivity index (χ3v) is 5.62. The summed E-state index contributed by atoms with van der Waals surface area (Å²) in [6, 6.07) is 2.20. The van der Waals surface area contributed by atoms with Crippen molar-refractivity contribution in [3.05, 3.63) is 29.6 Å². The van der Waals surface area contributed by atoms with Crippen LogP contribution in [0.15, 0.2) is 18.3 Å². The number of fused-ring (bicyclic) bond motifs is 1. The fourth-order valence-electron chi connectivity index (χ4n) is 3.93. The van der Waals surface area contributed by atoms with Crippen LogP contribution in [0.2, 0.25) is 0 Å². The van der Waals surface area contributed by atoms with Crippen LogP contribution in [0.4, 0.5) is 18.0 Å². The van der Waals surface area contributed by atoms with Gasteiger partial charge in [-0.05, 0) is 18.6 Å². The second-order valence-electron chi connectivity index (χ2n) is 7.74. The fourth-order valence-corrected chi connectivity index (χ4v) is 3.93. The van der Waals surface area contributed by atoms with E-state index >= 15 is 0 Å². The molecule has 0 saturated carbocycles. The fraction of sp³-hybridized carbons (Fsp3) is 0.632. The molecule has 0 unspecified atom stereocenters. The lowest BCUT2D eigenvalue weighted by Gasteiger charge is -2.45. The van der Waals surface area contributed by atoms with Gasteiger partial charge in [0, 0.05) is 31.6 Å². The first-order valence-electron chi connectivity index (χ1n) is 9.60. The van der Waals surface area contributed by atoms with Crippen molar-refractivity contribution < 1.29 is 32.2 Å². The average molecular weight is 413 g/mol. The van der Waals surface area contributed by atoms with Gasteiger partial charge in [0.15, 0.2) is 5.78 Å². The van der Waals surface area contributed by atoms with E-state index in [4.69, 9.17) is 9.47 Å². The number of Topliss-reactive ketones (excluding diaryl/α,β-unsaturated/α-hetero) is 1. The molecule has 3 fully saturated rings. The van der Waals surface area contributed by atoms with Gasteiger partial charge in [-0.15, -0.1) is 0 Å². The minimum atomic E-state index is -4.41. The minimum absolute atomic E-state index is 0.0560. The van der Waals surface area contributed by atoms with Crippen molar-refractivity contribution in [1.29, 1.82) is 0 Å². The van der Waals surface area contributed by atoms with Crippen molar-refractivity contribution in [1.82, 2.24) is 14.8 Å². The first-order chi connectivity index (χ1) is 13.8. The molecule has 3 aliphatic rings. The minimum Gasteiger partial charge on any atom is -0.370 e. The second-order valence-corrected chi connectivity index (χ2v) is 7.74. The quantitative estimate of drug-likeness (QED) is 0.759. The van der Waals surface area contributed by atoms with Gasteiger partial charge in [0.05, 0.1) is 43.2 Å². The topological polar surface area (TPSA) is 72.0 Å². The van der Waals surface area contributed by atoms with Crippen molar-refractivity contribution >= 4 is 11.8 Å². The maximum Gasteiger partial charge on any atom is 0.417 e. The Hall–Kier alpha value is -2.20. The number of pyridine rings is 1. The van der Waals surface area contributed by atoms with Crippen LogP contribution in [0.1, 0.15) is 24.1 Å². The number of likely N-dealkylation sites (tertiary alicyclic amines) is 2. The number of piperidine rings is 1. The number of ether oxygens (including phenoxy) is 2. The number of aromatic nitrogens is 1. The van der Waals surface area contributed by atoms with Crippen molar-refractivity contribution in [2.24, 2.45) is 5.92 Å². The van der Waals surface area contributed by atoms with Gasteiger partial charge >= 0.3 is 12.2 Å². The summed E-state index contributed by atoms with van der Waals surface area (Å²) in [5.41, 5.74) is -0.387. The van der Waals surface area contributed by atoms with E-state index < -0.39 is 11.7 Å². The van der Waals surface area contributed by atoms with Crippen LogP contribution in [0, 0.1) is 5.92 Å². The van der Waals surface area contributed by atoms with Crippen LogP contribution in [-0.2, 0) is 27.1 Å². The zero-order valence-corrected chi connectivity index (χ0v) is 15.7. The van der Waals surface area contributed by atoms with Crippen LogP contribution in [0.5, 0.6) is 0 Å². The van der Waals surface area contributed by atoms with E-state index in [1.165, 1.54) is 6.07 Å². The van der Waals surface area contributed by atoms with E-state index in [-0.39, 0.29) is 43.2 Å². The molecule has 158 valence electrons. The number of nitrogens with zero attached hydrogens (tertiary/aromatic N) is 3. The molecule has 2 atom stereocenters. The molecular weight excluding hydrogens is 391 g/mol. The highest BCUT2D eigenvalue weighted by Gasteiger charge is 2.40. The molecular formula is C19H22F3N3O4. The van der Waals surface area contributed by atoms with Gasteiger partial charge in [-0.2, -0.15) is 13.2 Å². The molecule has 0 bridgehead atoms. The van der Waals surface area contributed by atoms with Crippen molar-refractivity contribution in [3.8, 4) is 0 Å². The van der Waals surface area contributed by atoms with Crippen molar-refractivity contribution in [2.75, 3.05) is 32.8 Å². The Morgan fingerprint density at radius 3 is 2.72 bits per heavy atom. The predicted octanol–water partition coefficient (Wildman–Crippen LogP) is 2.10. The highest BCUT2D eigenvalue weighted by atomic mass is 19.4. The summed E-state index contributed by atoms with van der Waals surface area (Å²) < 4.78 is 48.8. The highest BCUT2D eigenvalue weighted by Crippen LogP contribution is 2.29. The van der Waals surface area contributed by atoms with Gasteiger partial charge in [-0.1, -0.05) is 0 Å². The van der Waals surface area contributed by atoms with Gasteiger partial charge in [-0.3, -0.25) is 9.78 Å². The largest absolute Gasteiger partial charge is 0.417 e. The molecule has 0 N–H and O–H groups in total. The molecule has 4 heterocycles. The van der Waals surface area contributed by atoms with Crippen LogP contribution < -0.4 is 0 Å². The standard InChI is InChI=1S/C19H22F3N3O4/c20-19(21,22)13-1-2-14(23-6-13)10-28-16-8-25(9-16)18(27)24-4-3-17-12(7-24)5-15(26)11-29-17/h1-2,6,12,16-17H,3-5,7-11H2/t12-,17+/m1/s1. The Morgan fingerprint density at radius 2 is 2.03 bits per heavy atom. The zero-order chi connectivity index (χ0) is 20.6. The molecule has 10 heteroatoms. The van der Waals surface area contributed by atoms with Crippen LogP contribution in [0.25, 0.3) is 0 Å². The number of hydrogen-bond donors (Lipinski definition) is 0. The third kappa shape index (κ3) is 4.53. The molecule has 4 rings (SSSR count). The lowest BCUT2D eigenvalue weighted by Crippen LogP contribution is -2.61. The summed E-state index contributed by atoms with van der Waals surface area (Å²) in [5.74, 6) is 0.142. The number of ketones is 1. The Kier molecular flexibility index (Phi) is 5.48. The SMILES string of the molecule is O=C1CO[C@H]2CCN(C(=O)N3CC(OCc4ccc(C(F)(F)F)cn4)C3)C[C@H]2C1. The first-order valence-corrected chi connectivity index (χ1v) is 9.60. The Balaban J connectivity index is 1.21. The van der Waals surface area contributed by atoms with Gasteiger partial charge in [0.1, 0.15) is 6.61 Å². The smallest absolute Gasteiger partial charge is 0.370 e. The number of urea groups is 1. The zero-order valence-electron chi connectivity index (χ0n) is 15.7. The predicted molar refractivity (Wildman–Crippen MR) is 93.8 cm³/mol. The number of carbonyl (C=O) groups excluding carboxylic acids is 2. The highest BCUT2D eigenvalue weighted by molar-refractivity contribution is 5.81. The van der Waals surface area contributed by atoms with E-state index in [1.807, 2.05) is 0 Å². The maximum absolute atomic E-state index is 12.6. The van der Waals surface area contributed by atoms with E-state index in [9.17, 15) is 22.8 Å². The van der Waals surface area contributed by atoms with Crippen LogP contribution in [0.3, 0.4) is 0 Å². The lowest BCUT2D eigenvalue weighted by molar-refractivity contribution is -0.140. The monoisotopic (exact) mass is 413 g/mol. The molecule has 1 aromatic heterocycles. The first kappa shape index (κ1) is 20.1. The van der Waals surface area contributed by atoms with E-state index in [1.54, 1.807) is 9.80 Å². The summed E-state index contributed by atoms with van der Waals surface area (Å²) in [7, 11) is 0. The average Bonchev–Trinajstić information content (AvgIpc) is 2.65. The molecule has 0 aromatic carbocycles. The Bertz CT molecular complexity index is 765. The summed E-state index contributed by atoms with van der Waals surface area (Å²) in [6.07, 6.45) is -2.54. The maximum atomic E-state index is 12.6. The van der Waals surface area contributed by atoms with Gasteiger partial charge in [0.25, 0.3) is 0 Å².